The van der Waals surface area contributed by atoms with Gasteiger partial charge in [-0.1, -0.05) is 5.16 Å². The lowest BCUT2D eigenvalue weighted by atomic mass is 9.93. The van der Waals surface area contributed by atoms with Crippen LogP contribution in [-0.2, 0) is 4.79 Å². The topological polar surface area (TPSA) is 87.0 Å². The Balaban J connectivity index is 1.39. The SMILES string of the molecule is Cc1cc(NC(=O)CCN2CCC(c3ccn[nH]3)CC2)no1. The monoisotopic (exact) mass is 303 g/mol. The molecule has 0 bridgehead atoms. The van der Waals surface area contributed by atoms with Crippen molar-refractivity contribution in [1.29, 1.82) is 0 Å². The lowest BCUT2D eigenvalue weighted by Gasteiger charge is -2.31. The van der Waals surface area contributed by atoms with E-state index in [1.165, 1.54) is 5.69 Å². The van der Waals surface area contributed by atoms with Crippen molar-refractivity contribution < 1.29 is 9.32 Å². The van der Waals surface area contributed by atoms with Crippen molar-refractivity contribution in [3.63, 3.8) is 0 Å². The first-order chi connectivity index (χ1) is 10.7. The Morgan fingerprint density at radius 3 is 2.95 bits per heavy atom. The van der Waals surface area contributed by atoms with Crippen LogP contribution in [0.1, 0.15) is 36.6 Å². The average Bonchev–Trinajstić information content (AvgIpc) is 3.18. The Hall–Kier alpha value is -2.15. The van der Waals surface area contributed by atoms with Crippen molar-refractivity contribution >= 4 is 11.7 Å². The molecule has 0 saturated carbocycles. The van der Waals surface area contributed by atoms with Gasteiger partial charge in [0.1, 0.15) is 5.76 Å². The Kier molecular flexibility index (Phi) is 4.53. The van der Waals surface area contributed by atoms with Crippen LogP contribution in [0.2, 0.25) is 0 Å². The number of nitrogens with zero attached hydrogens (tertiary/aromatic N) is 3. The zero-order valence-electron chi connectivity index (χ0n) is 12.7. The van der Waals surface area contributed by atoms with Gasteiger partial charge in [0.05, 0.1) is 0 Å². The fraction of sp³-hybridized carbons (Fsp3) is 0.533. The maximum absolute atomic E-state index is 11.9. The summed E-state index contributed by atoms with van der Waals surface area (Å²) in [6.07, 6.45) is 4.48. The summed E-state index contributed by atoms with van der Waals surface area (Å²) in [4.78, 5) is 14.2. The van der Waals surface area contributed by atoms with Crippen molar-refractivity contribution in [1.82, 2.24) is 20.3 Å². The highest BCUT2D eigenvalue weighted by molar-refractivity contribution is 5.89. The van der Waals surface area contributed by atoms with Crippen molar-refractivity contribution in [2.75, 3.05) is 25.0 Å². The number of carbonyl (C=O) groups excluding carboxylic acids is 1. The molecule has 2 N–H and O–H groups in total. The van der Waals surface area contributed by atoms with E-state index in [4.69, 9.17) is 4.52 Å². The normalized spacial score (nSPS) is 16.8. The highest BCUT2D eigenvalue weighted by Crippen LogP contribution is 2.26. The largest absolute Gasteiger partial charge is 0.360 e. The van der Waals surface area contributed by atoms with Crippen molar-refractivity contribution in [2.24, 2.45) is 0 Å². The van der Waals surface area contributed by atoms with E-state index in [0.717, 1.165) is 32.5 Å². The minimum absolute atomic E-state index is 0.0241. The van der Waals surface area contributed by atoms with Crippen molar-refractivity contribution in [3.8, 4) is 0 Å². The Bertz CT molecular complexity index is 599. The number of H-pyrrole nitrogens is 1. The molecule has 3 rings (SSSR count). The van der Waals surface area contributed by atoms with Gasteiger partial charge in [-0.3, -0.25) is 9.89 Å². The number of aryl methyl sites for hydroxylation is 1. The smallest absolute Gasteiger partial charge is 0.226 e. The predicted octanol–water partition coefficient (Wildman–Crippen LogP) is 1.91. The average molecular weight is 303 g/mol. The van der Waals surface area contributed by atoms with E-state index in [-0.39, 0.29) is 5.91 Å². The lowest BCUT2D eigenvalue weighted by Crippen LogP contribution is -2.35. The number of amides is 1. The summed E-state index contributed by atoms with van der Waals surface area (Å²) in [5.41, 5.74) is 1.22. The van der Waals surface area contributed by atoms with Crippen LogP contribution >= 0.6 is 0 Å². The van der Waals surface area contributed by atoms with Crippen LogP contribution in [0.5, 0.6) is 0 Å². The Morgan fingerprint density at radius 1 is 1.50 bits per heavy atom. The fourth-order valence-electron chi connectivity index (χ4n) is 2.85. The molecule has 0 radical (unpaired) electrons. The van der Waals surface area contributed by atoms with Crippen LogP contribution in [0.3, 0.4) is 0 Å². The lowest BCUT2D eigenvalue weighted by molar-refractivity contribution is -0.116. The number of rotatable bonds is 5. The van der Waals surface area contributed by atoms with Crippen LogP contribution in [0.25, 0.3) is 0 Å². The number of aromatic amines is 1. The summed E-state index contributed by atoms with van der Waals surface area (Å²) in [5, 5.41) is 13.6. The molecule has 118 valence electrons. The Labute approximate surface area is 129 Å². The number of aromatic nitrogens is 3. The van der Waals surface area contributed by atoms with E-state index in [1.807, 2.05) is 6.07 Å². The van der Waals surface area contributed by atoms with Gasteiger partial charge in [-0.05, 0) is 38.9 Å². The molecule has 1 fully saturated rings. The van der Waals surface area contributed by atoms with E-state index in [2.05, 4.69) is 25.6 Å². The minimum atomic E-state index is -0.0241. The maximum Gasteiger partial charge on any atom is 0.226 e. The summed E-state index contributed by atoms with van der Waals surface area (Å²) >= 11 is 0. The molecule has 7 nitrogen and oxygen atoms in total. The highest BCUT2D eigenvalue weighted by Gasteiger charge is 2.21. The molecule has 1 aliphatic heterocycles. The molecule has 22 heavy (non-hydrogen) atoms. The zero-order valence-corrected chi connectivity index (χ0v) is 12.7. The number of nitrogens with one attached hydrogen (secondary N) is 2. The standard InChI is InChI=1S/C15H21N5O2/c1-11-10-14(19-22-11)17-15(21)5-9-20-7-3-12(4-8-20)13-2-6-16-18-13/h2,6,10,12H,3-5,7-9H2,1H3,(H,16,18)(H,17,19,21). The van der Waals surface area contributed by atoms with Crippen LogP contribution in [0.15, 0.2) is 22.9 Å². The van der Waals surface area contributed by atoms with E-state index in [0.29, 0.717) is 23.9 Å². The maximum atomic E-state index is 11.9. The third kappa shape index (κ3) is 3.73. The molecule has 1 saturated heterocycles. The summed E-state index contributed by atoms with van der Waals surface area (Å²) in [6.45, 7) is 4.60. The van der Waals surface area contributed by atoms with Gasteiger partial charge in [-0.2, -0.15) is 5.10 Å². The third-order valence-corrected chi connectivity index (χ3v) is 4.10. The minimum Gasteiger partial charge on any atom is -0.360 e. The number of anilines is 1. The first-order valence-corrected chi connectivity index (χ1v) is 7.65. The van der Waals surface area contributed by atoms with Crippen molar-refractivity contribution in [2.45, 2.75) is 32.1 Å². The van der Waals surface area contributed by atoms with Crippen LogP contribution < -0.4 is 5.32 Å². The second kappa shape index (κ2) is 6.74. The molecule has 0 spiro atoms. The quantitative estimate of drug-likeness (QED) is 0.881. The molecule has 1 amide bonds. The van der Waals surface area contributed by atoms with Gasteiger partial charge in [-0.15, -0.1) is 0 Å². The predicted molar refractivity (Wildman–Crippen MR) is 81.5 cm³/mol. The first-order valence-electron chi connectivity index (χ1n) is 7.65. The van der Waals surface area contributed by atoms with E-state index < -0.39 is 0 Å². The van der Waals surface area contributed by atoms with Crippen LogP contribution in [-0.4, -0.2) is 45.8 Å². The van der Waals surface area contributed by atoms with Crippen LogP contribution in [0, 0.1) is 6.92 Å². The second-order valence-electron chi connectivity index (χ2n) is 5.75. The summed E-state index contributed by atoms with van der Waals surface area (Å²) in [6, 6.07) is 3.77. The molecule has 0 unspecified atom stereocenters. The van der Waals surface area contributed by atoms with E-state index in [1.54, 1.807) is 19.2 Å². The molecule has 0 aliphatic carbocycles. The van der Waals surface area contributed by atoms with Gasteiger partial charge in [0.15, 0.2) is 5.82 Å². The molecule has 1 aliphatic rings. The summed E-state index contributed by atoms with van der Waals surface area (Å²) < 4.78 is 4.92. The number of likely N-dealkylation sites (tertiary alicyclic amines) is 1. The summed E-state index contributed by atoms with van der Waals surface area (Å²) in [7, 11) is 0. The number of piperidine rings is 1. The highest BCUT2D eigenvalue weighted by atomic mass is 16.5. The first kappa shape index (κ1) is 14.8. The summed E-state index contributed by atoms with van der Waals surface area (Å²) in [5.74, 6) is 1.71. The third-order valence-electron chi connectivity index (χ3n) is 4.10. The molecule has 2 aromatic rings. The van der Waals surface area contributed by atoms with Gasteiger partial charge in [-0.25, -0.2) is 0 Å². The second-order valence-corrected chi connectivity index (χ2v) is 5.75. The fourth-order valence-corrected chi connectivity index (χ4v) is 2.85. The zero-order chi connectivity index (χ0) is 15.4. The number of carbonyl (C=O) groups is 1. The molecular formula is C15H21N5O2. The molecule has 3 heterocycles. The van der Waals surface area contributed by atoms with Gasteiger partial charge in [0.2, 0.25) is 5.91 Å². The van der Waals surface area contributed by atoms with Crippen LogP contribution in [0.4, 0.5) is 5.82 Å². The van der Waals surface area contributed by atoms with E-state index >= 15 is 0 Å². The van der Waals surface area contributed by atoms with Gasteiger partial charge < -0.3 is 14.7 Å². The van der Waals surface area contributed by atoms with Gasteiger partial charge in [0.25, 0.3) is 0 Å². The molecule has 7 heteroatoms. The molecule has 0 atom stereocenters. The Morgan fingerprint density at radius 2 is 2.32 bits per heavy atom. The van der Waals surface area contributed by atoms with Gasteiger partial charge in [0, 0.05) is 36.8 Å². The number of hydrogen-bond acceptors (Lipinski definition) is 5. The molecule has 2 aromatic heterocycles. The molecule has 0 aromatic carbocycles. The van der Waals surface area contributed by atoms with E-state index in [9.17, 15) is 4.79 Å². The van der Waals surface area contributed by atoms with Gasteiger partial charge >= 0.3 is 0 Å². The molecular weight excluding hydrogens is 282 g/mol. The van der Waals surface area contributed by atoms with Crippen molar-refractivity contribution in [3.05, 3.63) is 29.8 Å². The number of hydrogen-bond donors (Lipinski definition) is 2.